The number of methoxy groups -OCH3 is 1. The normalized spacial score (nSPS) is 10.4. The average molecular weight is 406 g/mol. The van der Waals surface area contributed by atoms with Crippen molar-refractivity contribution in [1.29, 1.82) is 0 Å². The molecule has 2 aromatic carbocycles. The molecule has 0 heterocycles. The summed E-state index contributed by atoms with van der Waals surface area (Å²) >= 11 is 5.87. The minimum absolute atomic E-state index is 0.0174. The molecule has 0 bridgehead atoms. The molecule has 0 N–H and O–H groups in total. The van der Waals surface area contributed by atoms with Gasteiger partial charge >= 0.3 is 0 Å². The van der Waals surface area contributed by atoms with Crippen molar-refractivity contribution in [2.45, 2.75) is 33.2 Å². The highest BCUT2D eigenvalue weighted by molar-refractivity contribution is 6.30. The summed E-state index contributed by atoms with van der Waals surface area (Å²) in [5, 5.41) is 0.631. The fourth-order valence-electron chi connectivity index (χ4n) is 2.69. The van der Waals surface area contributed by atoms with Gasteiger partial charge in [-0.05, 0) is 54.8 Å². The van der Waals surface area contributed by atoms with E-state index in [-0.39, 0.29) is 12.5 Å². The van der Waals surface area contributed by atoms with Gasteiger partial charge in [0.25, 0.3) is 5.91 Å². The van der Waals surface area contributed by atoms with Gasteiger partial charge in [0.1, 0.15) is 5.75 Å². The predicted octanol–water partition coefficient (Wildman–Crippen LogP) is 4.96. The highest BCUT2D eigenvalue weighted by Gasteiger charge is 2.15. The van der Waals surface area contributed by atoms with E-state index in [9.17, 15) is 4.79 Å². The van der Waals surface area contributed by atoms with Gasteiger partial charge in [-0.15, -0.1) is 0 Å². The highest BCUT2D eigenvalue weighted by Crippen LogP contribution is 2.28. The number of carbonyl (C=O) groups excluding carboxylic acids is 1. The number of amides is 1. The van der Waals surface area contributed by atoms with E-state index in [0.29, 0.717) is 42.0 Å². The quantitative estimate of drug-likeness (QED) is 0.530. The third-order valence-corrected chi connectivity index (χ3v) is 4.34. The first-order valence-corrected chi connectivity index (χ1v) is 9.91. The van der Waals surface area contributed by atoms with Gasteiger partial charge in [0, 0.05) is 18.1 Å². The van der Waals surface area contributed by atoms with Gasteiger partial charge in [-0.1, -0.05) is 31.5 Å². The third kappa shape index (κ3) is 6.64. The monoisotopic (exact) mass is 405 g/mol. The van der Waals surface area contributed by atoms with Crippen LogP contribution in [0.25, 0.3) is 0 Å². The lowest BCUT2D eigenvalue weighted by Crippen LogP contribution is -2.35. The summed E-state index contributed by atoms with van der Waals surface area (Å²) in [6.07, 6.45) is 1.79. The standard InChI is InChI=1S/C22H28ClNO4/c1-4-12-24(22(25)16-28-19-9-7-18(23)8-10-19)15-17-6-11-20(27-13-5-2)21(14-17)26-3/h6-11,14H,4-5,12-13,15-16H2,1-3H3. The van der Waals surface area contributed by atoms with E-state index in [4.69, 9.17) is 25.8 Å². The number of nitrogens with zero attached hydrogens (tertiary/aromatic N) is 1. The van der Waals surface area contributed by atoms with Crippen LogP contribution in [-0.4, -0.2) is 37.7 Å². The summed E-state index contributed by atoms with van der Waals surface area (Å²) in [7, 11) is 1.62. The third-order valence-electron chi connectivity index (χ3n) is 4.09. The van der Waals surface area contributed by atoms with E-state index in [2.05, 4.69) is 6.92 Å². The molecule has 2 rings (SSSR count). The van der Waals surface area contributed by atoms with Crippen LogP contribution in [0.15, 0.2) is 42.5 Å². The maximum absolute atomic E-state index is 12.7. The Labute approximate surface area is 172 Å². The zero-order valence-corrected chi connectivity index (χ0v) is 17.5. The molecule has 0 radical (unpaired) electrons. The van der Waals surface area contributed by atoms with Crippen molar-refractivity contribution in [2.75, 3.05) is 26.9 Å². The van der Waals surface area contributed by atoms with E-state index < -0.39 is 0 Å². The van der Waals surface area contributed by atoms with Crippen LogP contribution in [0.3, 0.4) is 0 Å². The molecule has 0 aliphatic carbocycles. The van der Waals surface area contributed by atoms with Crippen LogP contribution in [0.4, 0.5) is 0 Å². The first-order chi connectivity index (χ1) is 13.6. The Bertz CT molecular complexity index is 749. The number of ether oxygens (including phenoxy) is 3. The molecule has 0 aromatic heterocycles. The van der Waals surface area contributed by atoms with Crippen molar-refractivity contribution in [2.24, 2.45) is 0 Å². The average Bonchev–Trinajstić information content (AvgIpc) is 2.71. The molecule has 6 heteroatoms. The molecule has 0 aliphatic heterocycles. The van der Waals surface area contributed by atoms with Crippen LogP contribution < -0.4 is 14.2 Å². The molecule has 0 spiro atoms. The Hall–Kier alpha value is -2.40. The summed E-state index contributed by atoms with van der Waals surface area (Å²) in [6.45, 7) is 5.86. The zero-order chi connectivity index (χ0) is 20.4. The first kappa shape index (κ1) is 21.9. The molecule has 1 amide bonds. The maximum atomic E-state index is 12.7. The summed E-state index contributed by atoms with van der Waals surface area (Å²) in [4.78, 5) is 14.4. The van der Waals surface area contributed by atoms with Crippen molar-refractivity contribution in [3.8, 4) is 17.2 Å². The lowest BCUT2D eigenvalue weighted by molar-refractivity contribution is -0.134. The van der Waals surface area contributed by atoms with Crippen LogP contribution >= 0.6 is 11.6 Å². The van der Waals surface area contributed by atoms with Gasteiger partial charge in [0.05, 0.1) is 13.7 Å². The maximum Gasteiger partial charge on any atom is 0.260 e. The van der Waals surface area contributed by atoms with Crippen molar-refractivity contribution in [1.82, 2.24) is 4.90 Å². The minimum atomic E-state index is -0.0675. The summed E-state index contributed by atoms with van der Waals surface area (Å²) < 4.78 is 16.7. The molecule has 0 saturated heterocycles. The molecule has 0 aliphatic rings. The topological polar surface area (TPSA) is 48.0 Å². The second-order valence-electron chi connectivity index (χ2n) is 6.39. The second-order valence-corrected chi connectivity index (χ2v) is 6.83. The van der Waals surface area contributed by atoms with Crippen molar-refractivity contribution in [3.63, 3.8) is 0 Å². The van der Waals surface area contributed by atoms with Crippen molar-refractivity contribution < 1.29 is 19.0 Å². The Morgan fingerprint density at radius 2 is 1.75 bits per heavy atom. The molecule has 152 valence electrons. The van der Waals surface area contributed by atoms with Gasteiger partial charge in [-0.2, -0.15) is 0 Å². The number of hydrogen-bond donors (Lipinski definition) is 0. The number of rotatable bonds is 11. The molecule has 28 heavy (non-hydrogen) atoms. The van der Waals surface area contributed by atoms with E-state index in [0.717, 1.165) is 18.4 Å². The molecule has 0 fully saturated rings. The van der Waals surface area contributed by atoms with E-state index in [1.54, 1.807) is 36.3 Å². The molecule has 0 saturated carbocycles. The van der Waals surface area contributed by atoms with Gasteiger partial charge in [-0.25, -0.2) is 0 Å². The number of halogens is 1. The molecular weight excluding hydrogens is 378 g/mol. The lowest BCUT2D eigenvalue weighted by atomic mass is 10.1. The predicted molar refractivity (Wildman–Crippen MR) is 111 cm³/mol. The highest BCUT2D eigenvalue weighted by atomic mass is 35.5. The SMILES string of the molecule is CCCOc1ccc(CN(CCC)C(=O)COc2ccc(Cl)cc2)cc1OC. The summed E-state index contributed by atoms with van der Waals surface area (Å²) in [5.41, 5.74) is 0.981. The summed E-state index contributed by atoms with van der Waals surface area (Å²) in [5.74, 6) is 1.94. The van der Waals surface area contributed by atoms with Crippen LogP contribution in [0.1, 0.15) is 32.3 Å². The minimum Gasteiger partial charge on any atom is -0.493 e. The lowest BCUT2D eigenvalue weighted by Gasteiger charge is -2.23. The Morgan fingerprint density at radius 3 is 2.39 bits per heavy atom. The molecular formula is C22H28ClNO4. The first-order valence-electron chi connectivity index (χ1n) is 9.53. The van der Waals surface area contributed by atoms with Crippen molar-refractivity contribution in [3.05, 3.63) is 53.1 Å². The fourth-order valence-corrected chi connectivity index (χ4v) is 2.82. The Morgan fingerprint density at radius 1 is 1.00 bits per heavy atom. The smallest absolute Gasteiger partial charge is 0.260 e. The molecule has 2 aromatic rings. The van der Waals surface area contributed by atoms with Gasteiger partial charge in [0.2, 0.25) is 0 Å². The van der Waals surface area contributed by atoms with E-state index in [1.165, 1.54) is 0 Å². The summed E-state index contributed by atoms with van der Waals surface area (Å²) in [6, 6.07) is 12.7. The van der Waals surface area contributed by atoms with Gasteiger partial charge in [0.15, 0.2) is 18.1 Å². The van der Waals surface area contributed by atoms with Crippen LogP contribution in [-0.2, 0) is 11.3 Å². The number of carbonyl (C=O) groups is 1. The van der Waals surface area contributed by atoms with Crippen LogP contribution in [0, 0.1) is 0 Å². The largest absolute Gasteiger partial charge is 0.493 e. The molecule has 0 atom stereocenters. The Kier molecular flexibility index (Phi) is 8.95. The van der Waals surface area contributed by atoms with Gasteiger partial charge in [-0.3, -0.25) is 4.79 Å². The van der Waals surface area contributed by atoms with Gasteiger partial charge < -0.3 is 19.1 Å². The van der Waals surface area contributed by atoms with Crippen molar-refractivity contribution >= 4 is 17.5 Å². The van der Waals surface area contributed by atoms with Crippen LogP contribution in [0.5, 0.6) is 17.2 Å². The zero-order valence-electron chi connectivity index (χ0n) is 16.7. The molecule has 0 unspecified atom stereocenters. The number of hydrogen-bond acceptors (Lipinski definition) is 4. The Balaban J connectivity index is 2.02. The van der Waals surface area contributed by atoms with E-state index >= 15 is 0 Å². The van der Waals surface area contributed by atoms with E-state index in [1.807, 2.05) is 25.1 Å². The fraction of sp³-hybridized carbons (Fsp3) is 0.409. The van der Waals surface area contributed by atoms with Crippen LogP contribution in [0.2, 0.25) is 5.02 Å². The molecule has 5 nitrogen and oxygen atoms in total. The number of benzene rings is 2. The second kappa shape index (κ2) is 11.4.